The van der Waals surface area contributed by atoms with Crippen molar-refractivity contribution < 1.29 is 13.9 Å². The van der Waals surface area contributed by atoms with Gasteiger partial charge in [0.25, 0.3) is 5.91 Å². The summed E-state index contributed by atoms with van der Waals surface area (Å²) in [7, 11) is 1.53. The smallest absolute Gasteiger partial charge is 0.275 e. The van der Waals surface area contributed by atoms with Crippen LogP contribution in [0.2, 0.25) is 0 Å². The lowest BCUT2D eigenvalue weighted by molar-refractivity contribution is 0.0952. The van der Waals surface area contributed by atoms with Gasteiger partial charge >= 0.3 is 0 Å². The Morgan fingerprint density at radius 3 is 2.59 bits per heavy atom. The summed E-state index contributed by atoms with van der Waals surface area (Å²) < 4.78 is 12.0. The van der Waals surface area contributed by atoms with E-state index in [0.717, 1.165) is 26.9 Å². The van der Waals surface area contributed by atoms with Crippen LogP contribution in [0, 0.1) is 13.8 Å². The lowest BCUT2D eigenvalue weighted by atomic mass is 10.1. The van der Waals surface area contributed by atoms with Gasteiger partial charge in [0, 0.05) is 10.0 Å². The fourth-order valence-corrected chi connectivity index (χ4v) is 3.28. The van der Waals surface area contributed by atoms with Gasteiger partial charge in [-0.25, -0.2) is 5.43 Å². The van der Waals surface area contributed by atoms with Gasteiger partial charge in [0.2, 0.25) is 0 Å². The predicted molar refractivity (Wildman–Crippen MR) is 109 cm³/mol. The quantitative estimate of drug-likeness (QED) is 0.455. The SMILES string of the molecule is COc1cc(C)ccc1C(=O)N/N=C\c1ccc(-c2ccc(C)cc2Br)o1. The van der Waals surface area contributed by atoms with Crippen LogP contribution in [-0.2, 0) is 0 Å². The van der Waals surface area contributed by atoms with Gasteiger partial charge in [-0.2, -0.15) is 5.10 Å². The highest BCUT2D eigenvalue weighted by molar-refractivity contribution is 9.10. The van der Waals surface area contributed by atoms with Crippen molar-refractivity contribution in [2.75, 3.05) is 7.11 Å². The number of furan rings is 1. The molecule has 138 valence electrons. The largest absolute Gasteiger partial charge is 0.496 e. The number of hydrazone groups is 1. The van der Waals surface area contributed by atoms with Gasteiger partial charge < -0.3 is 9.15 Å². The molecule has 0 spiro atoms. The first kappa shape index (κ1) is 18.9. The van der Waals surface area contributed by atoms with Crippen molar-refractivity contribution in [2.24, 2.45) is 5.10 Å². The van der Waals surface area contributed by atoms with E-state index in [1.807, 2.05) is 44.2 Å². The Morgan fingerprint density at radius 1 is 1.11 bits per heavy atom. The molecule has 3 rings (SSSR count). The van der Waals surface area contributed by atoms with Crippen LogP contribution in [0.5, 0.6) is 5.75 Å². The van der Waals surface area contributed by atoms with Gasteiger partial charge in [-0.05, 0) is 61.4 Å². The maximum absolute atomic E-state index is 12.3. The molecule has 5 nitrogen and oxygen atoms in total. The molecule has 6 heteroatoms. The van der Waals surface area contributed by atoms with Crippen molar-refractivity contribution in [2.45, 2.75) is 13.8 Å². The number of nitrogens with one attached hydrogen (secondary N) is 1. The van der Waals surface area contributed by atoms with Gasteiger partial charge in [-0.3, -0.25) is 4.79 Å². The van der Waals surface area contributed by atoms with Crippen LogP contribution in [0.25, 0.3) is 11.3 Å². The van der Waals surface area contributed by atoms with Crippen molar-refractivity contribution >= 4 is 28.1 Å². The van der Waals surface area contributed by atoms with Crippen molar-refractivity contribution in [1.29, 1.82) is 0 Å². The number of methoxy groups -OCH3 is 1. The van der Waals surface area contributed by atoms with E-state index in [1.165, 1.54) is 13.3 Å². The molecule has 0 aliphatic rings. The summed E-state index contributed by atoms with van der Waals surface area (Å²) in [6.07, 6.45) is 1.46. The van der Waals surface area contributed by atoms with Crippen LogP contribution >= 0.6 is 15.9 Å². The monoisotopic (exact) mass is 426 g/mol. The van der Waals surface area contributed by atoms with Crippen LogP contribution in [0.4, 0.5) is 0 Å². The van der Waals surface area contributed by atoms with Crippen LogP contribution in [0.1, 0.15) is 27.2 Å². The highest BCUT2D eigenvalue weighted by Gasteiger charge is 2.12. The second-order valence-corrected chi connectivity index (χ2v) is 6.94. The first-order valence-electron chi connectivity index (χ1n) is 8.32. The number of benzene rings is 2. The minimum absolute atomic E-state index is 0.351. The fraction of sp³-hybridized carbons (Fsp3) is 0.143. The molecular weight excluding hydrogens is 408 g/mol. The van der Waals surface area contributed by atoms with E-state index in [9.17, 15) is 4.79 Å². The molecule has 2 aromatic carbocycles. The van der Waals surface area contributed by atoms with E-state index in [1.54, 1.807) is 18.2 Å². The maximum atomic E-state index is 12.3. The number of rotatable bonds is 5. The molecule has 0 bridgehead atoms. The number of hydrogen-bond donors (Lipinski definition) is 1. The highest BCUT2D eigenvalue weighted by Crippen LogP contribution is 2.30. The molecule has 0 fully saturated rings. The molecule has 1 N–H and O–H groups in total. The molecule has 0 unspecified atom stereocenters. The van der Waals surface area contributed by atoms with E-state index in [0.29, 0.717) is 17.1 Å². The van der Waals surface area contributed by atoms with E-state index < -0.39 is 0 Å². The minimum atomic E-state index is -0.351. The Kier molecular flexibility index (Phi) is 5.76. The Bertz CT molecular complexity index is 1010. The molecule has 0 aliphatic heterocycles. The van der Waals surface area contributed by atoms with Gasteiger partial charge in [0.15, 0.2) is 0 Å². The van der Waals surface area contributed by atoms with Crippen molar-refractivity contribution in [3.63, 3.8) is 0 Å². The third-order valence-corrected chi connectivity index (χ3v) is 4.63. The molecular formula is C21H19BrN2O3. The maximum Gasteiger partial charge on any atom is 0.275 e. The average Bonchev–Trinajstić information content (AvgIpc) is 3.10. The summed E-state index contributed by atoms with van der Waals surface area (Å²) in [5.74, 6) is 1.41. The molecule has 1 heterocycles. The lowest BCUT2D eigenvalue weighted by Gasteiger charge is -2.07. The number of hydrogen-bond acceptors (Lipinski definition) is 4. The standard InChI is InChI=1S/C21H19BrN2O3/c1-13-4-7-16(18(22)10-13)19-9-6-15(27-19)12-23-24-21(25)17-8-5-14(2)11-20(17)26-3/h4-12H,1-3H3,(H,24,25)/b23-12-. The third kappa shape index (κ3) is 4.46. The molecule has 1 amide bonds. The van der Waals surface area contributed by atoms with E-state index in [2.05, 4.69) is 26.5 Å². The van der Waals surface area contributed by atoms with Crippen molar-refractivity contribution in [3.8, 4) is 17.1 Å². The van der Waals surface area contributed by atoms with Gasteiger partial charge in [0.1, 0.15) is 17.3 Å². The molecule has 0 saturated heterocycles. The summed E-state index contributed by atoms with van der Waals surface area (Å²) in [4.78, 5) is 12.3. The number of ether oxygens (including phenoxy) is 1. The first-order valence-corrected chi connectivity index (χ1v) is 9.11. The van der Waals surface area contributed by atoms with Gasteiger partial charge in [-0.15, -0.1) is 0 Å². The predicted octanol–water partition coefficient (Wildman–Crippen LogP) is 5.10. The van der Waals surface area contributed by atoms with Crippen LogP contribution in [0.3, 0.4) is 0 Å². The highest BCUT2D eigenvalue weighted by atomic mass is 79.9. The van der Waals surface area contributed by atoms with E-state index >= 15 is 0 Å². The number of amides is 1. The van der Waals surface area contributed by atoms with Gasteiger partial charge in [-0.1, -0.05) is 28.1 Å². The molecule has 3 aromatic rings. The van der Waals surface area contributed by atoms with Crippen molar-refractivity contribution in [3.05, 3.63) is 75.5 Å². The molecule has 0 atom stereocenters. The zero-order valence-corrected chi connectivity index (χ0v) is 16.8. The van der Waals surface area contributed by atoms with Gasteiger partial charge in [0.05, 0.1) is 18.9 Å². The number of nitrogens with zero attached hydrogens (tertiary/aromatic N) is 1. The minimum Gasteiger partial charge on any atom is -0.496 e. The topological polar surface area (TPSA) is 63.8 Å². The normalized spacial score (nSPS) is 11.0. The zero-order chi connectivity index (χ0) is 19.4. The summed E-state index contributed by atoms with van der Waals surface area (Å²) in [5.41, 5.74) is 6.04. The number of carbonyl (C=O) groups excluding carboxylic acids is 1. The fourth-order valence-electron chi connectivity index (χ4n) is 2.59. The Labute approximate surface area is 166 Å². The van der Waals surface area contributed by atoms with Crippen molar-refractivity contribution in [1.82, 2.24) is 5.43 Å². The van der Waals surface area contributed by atoms with E-state index in [-0.39, 0.29) is 5.91 Å². The summed E-state index contributed by atoms with van der Waals surface area (Å²) in [5, 5.41) is 3.97. The number of aryl methyl sites for hydroxylation is 2. The summed E-state index contributed by atoms with van der Waals surface area (Å²) in [6.45, 7) is 3.96. The molecule has 0 aliphatic carbocycles. The second kappa shape index (κ2) is 8.22. The summed E-state index contributed by atoms with van der Waals surface area (Å²) >= 11 is 3.55. The molecule has 27 heavy (non-hydrogen) atoms. The molecule has 1 aromatic heterocycles. The number of halogens is 1. The number of carbonyl (C=O) groups is 1. The molecule has 0 radical (unpaired) electrons. The Balaban J connectivity index is 1.70. The van der Waals surface area contributed by atoms with Crippen LogP contribution in [-0.4, -0.2) is 19.2 Å². The Morgan fingerprint density at radius 2 is 1.85 bits per heavy atom. The third-order valence-electron chi connectivity index (χ3n) is 3.98. The van der Waals surface area contributed by atoms with Crippen LogP contribution < -0.4 is 10.2 Å². The first-order chi connectivity index (χ1) is 13.0. The van der Waals surface area contributed by atoms with E-state index in [4.69, 9.17) is 9.15 Å². The van der Waals surface area contributed by atoms with Crippen LogP contribution in [0.15, 0.2) is 62.5 Å². The average molecular weight is 427 g/mol. The lowest BCUT2D eigenvalue weighted by Crippen LogP contribution is -2.18. The summed E-state index contributed by atoms with van der Waals surface area (Å²) in [6, 6.07) is 15.1. The Hall–Kier alpha value is -2.86. The second-order valence-electron chi connectivity index (χ2n) is 6.09. The zero-order valence-electron chi connectivity index (χ0n) is 15.2. The molecule has 0 saturated carbocycles.